The Labute approximate surface area is 284 Å². The summed E-state index contributed by atoms with van der Waals surface area (Å²) in [6.45, 7) is 4.76. The second-order valence-corrected chi connectivity index (χ2v) is 14.5. The summed E-state index contributed by atoms with van der Waals surface area (Å²) < 4.78 is 26.9. The second-order valence-electron chi connectivity index (χ2n) is 13.3. The Morgan fingerprint density at radius 1 is 0.565 bits per heavy atom. The zero-order chi connectivity index (χ0) is 33.8. The highest BCUT2D eigenvalue weighted by Gasteiger charge is 2.21. The third-order valence-corrected chi connectivity index (χ3v) is 9.05. The first-order chi connectivity index (χ1) is 22.4. The van der Waals surface area contributed by atoms with E-state index < -0.39 is 13.9 Å². The van der Waals surface area contributed by atoms with Gasteiger partial charge in [0.15, 0.2) is 0 Å². The molecule has 0 radical (unpaired) electrons. The summed E-state index contributed by atoms with van der Waals surface area (Å²) in [5.41, 5.74) is 0. The number of carbonyl (C=O) groups excluding carboxylic acids is 1. The van der Waals surface area contributed by atoms with Crippen LogP contribution in [0.3, 0.4) is 0 Å². The van der Waals surface area contributed by atoms with E-state index in [9.17, 15) is 9.36 Å². The van der Waals surface area contributed by atoms with Gasteiger partial charge < -0.3 is 19.3 Å². The number of phosphoric acid groups is 1. The Kier molecular flexibility index (Phi) is 35.0. The third-order valence-electron chi connectivity index (χ3n) is 8.57. The van der Waals surface area contributed by atoms with Crippen LogP contribution < -0.4 is 0 Å². The largest absolute Gasteiger partial charge is 0.469 e. The monoisotopic (exact) mass is 675 g/mol. The van der Waals surface area contributed by atoms with Gasteiger partial charge in [0.05, 0.1) is 13.2 Å². The van der Waals surface area contributed by atoms with Gasteiger partial charge in [0.25, 0.3) is 0 Å². The van der Waals surface area contributed by atoms with Gasteiger partial charge in [-0.25, -0.2) is 4.57 Å². The summed E-state index contributed by atoms with van der Waals surface area (Å²) in [6, 6.07) is 0. The molecular formula is C38H75O7P. The minimum absolute atomic E-state index is 0.0801. The van der Waals surface area contributed by atoms with Crippen molar-refractivity contribution in [1.29, 1.82) is 0 Å². The summed E-state index contributed by atoms with van der Waals surface area (Å²) in [4.78, 5) is 30.5. The highest BCUT2D eigenvalue weighted by molar-refractivity contribution is 7.46. The first-order valence-electron chi connectivity index (χ1n) is 19.5. The van der Waals surface area contributed by atoms with E-state index in [1.54, 1.807) is 0 Å². The predicted octanol–water partition coefficient (Wildman–Crippen LogP) is 11.9. The van der Waals surface area contributed by atoms with Gasteiger partial charge >= 0.3 is 13.8 Å². The molecule has 0 aromatic heterocycles. The molecule has 0 aromatic rings. The molecule has 46 heavy (non-hydrogen) atoms. The van der Waals surface area contributed by atoms with Gasteiger partial charge in [0, 0.05) is 13.0 Å². The number of unbranched alkanes of at least 4 members (excludes halogenated alkanes) is 25. The Balaban J connectivity index is 3.80. The lowest BCUT2D eigenvalue weighted by molar-refractivity contribution is -0.154. The molecule has 2 N–H and O–H groups in total. The fourth-order valence-electron chi connectivity index (χ4n) is 5.67. The normalized spacial score (nSPS) is 12.7. The van der Waals surface area contributed by atoms with E-state index in [-0.39, 0.29) is 19.2 Å². The maximum Gasteiger partial charge on any atom is 0.469 e. The van der Waals surface area contributed by atoms with E-state index >= 15 is 0 Å². The summed E-state index contributed by atoms with van der Waals surface area (Å²) >= 11 is 0. The van der Waals surface area contributed by atoms with Crippen LogP contribution in [0.2, 0.25) is 0 Å². The van der Waals surface area contributed by atoms with Crippen LogP contribution in [0.1, 0.15) is 200 Å². The topological polar surface area (TPSA) is 102 Å². The van der Waals surface area contributed by atoms with Crippen molar-refractivity contribution >= 4 is 13.8 Å². The summed E-state index contributed by atoms with van der Waals surface area (Å²) in [5, 5.41) is 0. The van der Waals surface area contributed by atoms with Crippen LogP contribution in [0.4, 0.5) is 0 Å². The number of hydrogen-bond acceptors (Lipinski definition) is 5. The Bertz CT molecular complexity index is 709. The Hall–Kier alpha value is -0.720. The molecule has 0 amide bonds. The lowest BCUT2D eigenvalue weighted by Crippen LogP contribution is -2.28. The molecule has 0 unspecified atom stereocenters. The fraction of sp³-hybridized carbons (Fsp3) is 0.921. The molecule has 0 aliphatic heterocycles. The van der Waals surface area contributed by atoms with Crippen molar-refractivity contribution in [1.82, 2.24) is 0 Å². The third kappa shape index (κ3) is 37.7. The lowest BCUT2D eigenvalue weighted by atomic mass is 10.0. The Morgan fingerprint density at radius 3 is 1.39 bits per heavy atom. The average molecular weight is 675 g/mol. The van der Waals surface area contributed by atoms with Crippen LogP contribution in [0.15, 0.2) is 12.2 Å². The van der Waals surface area contributed by atoms with Gasteiger partial charge in [-0.3, -0.25) is 9.32 Å². The molecule has 0 aromatic carbocycles. The van der Waals surface area contributed by atoms with Crippen molar-refractivity contribution in [3.63, 3.8) is 0 Å². The van der Waals surface area contributed by atoms with Gasteiger partial charge in [0.2, 0.25) is 0 Å². The summed E-state index contributed by atoms with van der Waals surface area (Å²) in [5.74, 6) is -0.368. The van der Waals surface area contributed by atoms with Gasteiger partial charge in [-0.1, -0.05) is 167 Å². The van der Waals surface area contributed by atoms with Crippen molar-refractivity contribution in [2.24, 2.45) is 0 Å². The summed E-state index contributed by atoms with van der Waals surface area (Å²) in [7, 11) is -4.65. The molecular weight excluding hydrogens is 599 g/mol. The highest BCUT2D eigenvalue weighted by atomic mass is 31.2. The van der Waals surface area contributed by atoms with E-state index in [1.165, 1.54) is 135 Å². The molecule has 0 saturated carbocycles. The van der Waals surface area contributed by atoms with Gasteiger partial charge in [0.1, 0.15) is 6.10 Å². The predicted molar refractivity (Wildman–Crippen MR) is 193 cm³/mol. The second kappa shape index (κ2) is 35.6. The number of phosphoric ester groups is 1. The smallest absolute Gasteiger partial charge is 0.457 e. The van der Waals surface area contributed by atoms with E-state index in [4.69, 9.17) is 19.3 Å². The zero-order valence-corrected chi connectivity index (χ0v) is 31.1. The maximum absolute atomic E-state index is 12.4. The number of allylic oxidation sites excluding steroid dienone is 2. The van der Waals surface area contributed by atoms with E-state index in [1.807, 2.05) is 0 Å². The first-order valence-corrected chi connectivity index (χ1v) is 21.0. The zero-order valence-electron chi connectivity index (χ0n) is 30.2. The number of esters is 1. The average Bonchev–Trinajstić information content (AvgIpc) is 3.02. The quantitative estimate of drug-likeness (QED) is 0.0292. The van der Waals surface area contributed by atoms with Crippen LogP contribution in [0.5, 0.6) is 0 Å². The number of ether oxygens (including phenoxy) is 2. The van der Waals surface area contributed by atoms with Crippen LogP contribution >= 0.6 is 7.82 Å². The molecule has 8 heteroatoms. The van der Waals surface area contributed by atoms with Crippen molar-refractivity contribution in [3.8, 4) is 0 Å². The van der Waals surface area contributed by atoms with Crippen molar-refractivity contribution in [2.75, 3.05) is 19.8 Å². The minimum Gasteiger partial charge on any atom is -0.457 e. The molecule has 0 rings (SSSR count). The van der Waals surface area contributed by atoms with Crippen molar-refractivity contribution in [3.05, 3.63) is 12.2 Å². The van der Waals surface area contributed by atoms with Gasteiger partial charge in [-0.2, -0.15) is 0 Å². The minimum atomic E-state index is -4.65. The highest BCUT2D eigenvalue weighted by Crippen LogP contribution is 2.36. The van der Waals surface area contributed by atoms with Crippen LogP contribution in [-0.4, -0.2) is 41.7 Å². The van der Waals surface area contributed by atoms with E-state index in [0.29, 0.717) is 13.0 Å². The van der Waals surface area contributed by atoms with E-state index in [2.05, 4.69) is 30.5 Å². The lowest BCUT2D eigenvalue weighted by Gasteiger charge is -2.18. The van der Waals surface area contributed by atoms with Crippen LogP contribution in [-0.2, 0) is 23.4 Å². The number of hydrogen-bond donors (Lipinski definition) is 2. The molecule has 7 nitrogen and oxygen atoms in total. The van der Waals surface area contributed by atoms with Crippen LogP contribution in [0, 0.1) is 0 Å². The van der Waals surface area contributed by atoms with Gasteiger partial charge in [-0.15, -0.1) is 0 Å². The number of rotatable bonds is 37. The molecule has 0 aliphatic carbocycles. The molecule has 1 atom stereocenters. The summed E-state index contributed by atoms with van der Waals surface area (Å²) in [6.07, 6.45) is 39.1. The molecule has 0 spiro atoms. The maximum atomic E-state index is 12.4. The molecule has 0 bridgehead atoms. The molecule has 0 fully saturated rings. The molecule has 0 heterocycles. The van der Waals surface area contributed by atoms with Crippen LogP contribution in [0.25, 0.3) is 0 Å². The Morgan fingerprint density at radius 2 is 0.957 bits per heavy atom. The number of carbonyl (C=O) groups is 1. The standard InChI is InChI=1S/C38H75O7P/c1-3-5-7-9-11-13-15-17-19-20-22-24-26-28-30-32-34-43-35-37(36-44-46(40,41)42)45-38(39)33-31-29-27-25-23-21-18-16-14-12-10-8-6-4-2/h16,18,37H,3-15,17,19-36H2,1-2H3,(H2,40,41,42)/b18-16-/t37-/m1/s1. The van der Waals surface area contributed by atoms with Gasteiger partial charge in [-0.05, 0) is 38.5 Å². The molecule has 0 saturated heterocycles. The van der Waals surface area contributed by atoms with E-state index in [0.717, 1.165) is 44.9 Å². The fourth-order valence-corrected chi connectivity index (χ4v) is 6.03. The molecule has 0 aliphatic rings. The SMILES string of the molecule is CCCCCCC/C=C\CCCCCCCC(=O)O[C@H](COCCCCCCCCCCCCCCCCCC)COP(=O)(O)O. The van der Waals surface area contributed by atoms with Crippen molar-refractivity contribution in [2.45, 2.75) is 206 Å². The van der Waals surface area contributed by atoms with Crippen molar-refractivity contribution < 1.29 is 33.1 Å². The molecule has 274 valence electrons. The first kappa shape index (κ1) is 45.3.